The molecular formula is C12H11ClO. The van der Waals surface area contributed by atoms with Gasteiger partial charge in [-0.1, -0.05) is 29.5 Å². The maximum Gasteiger partial charge on any atom is 0.125 e. The number of halogens is 1. The van der Waals surface area contributed by atoms with E-state index in [4.69, 9.17) is 11.6 Å². The van der Waals surface area contributed by atoms with Crippen LogP contribution in [-0.2, 0) is 0 Å². The Morgan fingerprint density at radius 3 is 2.71 bits per heavy atom. The molecule has 1 fully saturated rings. The van der Waals surface area contributed by atoms with Gasteiger partial charge in [-0.3, -0.25) is 0 Å². The molecule has 1 aliphatic carbocycles. The SMILES string of the molecule is OC1(C#Cc2cccc(Cl)c2)CCC1. The number of aliphatic hydroxyl groups is 1. The summed E-state index contributed by atoms with van der Waals surface area (Å²) in [5.41, 5.74) is 0.125. The lowest BCUT2D eigenvalue weighted by atomic mass is 9.81. The molecule has 1 N–H and O–H groups in total. The van der Waals surface area contributed by atoms with Crippen molar-refractivity contribution in [2.75, 3.05) is 0 Å². The van der Waals surface area contributed by atoms with E-state index in [2.05, 4.69) is 11.8 Å². The van der Waals surface area contributed by atoms with Gasteiger partial charge in [-0.2, -0.15) is 0 Å². The molecule has 1 aromatic rings. The summed E-state index contributed by atoms with van der Waals surface area (Å²) >= 11 is 5.81. The molecule has 0 aliphatic heterocycles. The third kappa shape index (κ3) is 2.09. The van der Waals surface area contributed by atoms with E-state index < -0.39 is 5.60 Å². The Balaban J connectivity index is 2.17. The Bertz CT molecular complexity index is 396. The quantitative estimate of drug-likeness (QED) is 0.647. The van der Waals surface area contributed by atoms with Gasteiger partial charge < -0.3 is 5.11 Å². The molecule has 1 nitrogen and oxygen atoms in total. The number of hydrogen-bond donors (Lipinski definition) is 1. The predicted octanol–water partition coefficient (Wildman–Crippen LogP) is 2.61. The average molecular weight is 207 g/mol. The highest BCUT2D eigenvalue weighted by molar-refractivity contribution is 6.30. The van der Waals surface area contributed by atoms with Crippen molar-refractivity contribution in [2.24, 2.45) is 0 Å². The fourth-order valence-electron chi connectivity index (χ4n) is 1.39. The summed E-state index contributed by atoms with van der Waals surface area (Å²) in [6, 6.07) is 7.36. The van der Waals surface area contributed by atoms with Crippen molar-refractivity contribution in [3.05, 3.63) is 34.9 Å². The van der Waals surface area contributed by atoms with Crippen LogP contribution in [0, 0.1) is 11.8 Å². The molecule has 0 atom stereocenters. The maximum atomic E-state index is 9.73. The van der Waals surface area contributed by atoms with Crippen LogP contribution in [0.25, 0.3) is 0 Å². The second-order valence-electron chi connectivity index (χ2n) is 3.65. The minimum atomic E-state index is -0.734. The van der Waals surface area contributed by atoms with E-state index in [1.54, 1.807) is 6.07 Å². The van der Waals surface area contributed by atoms with E-state index in [1.807, 2.05) is 18.2 Å². The lowest BCUT2D eigenvalue weighted by Gasteiger charge is -2.30. The summed E-state index contributed by atoms with van der Waals surface area (Å²) in [7, 11) is 0. The Morgan fingerprint density at radius 2 is 2.14 bits per heavy atom. The zero-order valence-corrected chi connectivity index (χ0v) is 8.51. The second-order valence-corrected chi connectivity index (χ2v) is 4.08. The summed E-state index contributed by atoms with van der Waals surface area (Å²) in [6.07, 6.45) is 2.65. The molecule has 0 amide bonds. The number of rotatable bonds is 0. The molecule has 0 unspecified atom stereocenters. The van der Waals surface area contributed by atoms with Gasteiger partial charge in [-0.25, -0.2) is 0 Å². The van der Waals surface area contributed by atoms with E-state index in [9.17, 15) is 5.11 Å². The molecule has 0 saturated heterocycles. The first kappa shape index (κ1) is 9.58. The Labute approximate surface area is 88.7 Å². The third-order valence-corrected chi connectivity index (χ3v) is 2.68. The molecule has 1 aliphatic rings. The molecule has 0 heterocycles. The van der Waals surface area contributed by atoms with Gasteiger partial charge in [-0.05, 0) is 37.5 Å². The second kappa shape index (κ2) is 3.65. The first-order valence-electron chi connectivity index (χ1n) is 4.69. The van der Waals surface area contributed by atoms with Gasteiger partial charge in [0.05, 0.1) is 0 Å². The van der Waals surface area contributed by atoms with Crippen LogP contribution in [0.3, 0.4) is 0 Å². The maximum absolute atomic E-state index is 9.73. The van der Waals surface area contributed by atoms with Crippen LogP contribution in [-0.4, -0.2) is 10.7 Å². The van der Waals surface area contributed by atoms with Gasteiger partial charge in [0.2, 0.25) is 0 Å². The Kier molecular flexibility index (Phi) is 2.50. The molecular weight excluding hydrogens is 196 g/mol. The van der Waals surface area contributed by atoms with Crippen LogP contribution < -0.4 is 0 Å². The highest BCUT2D eigenvalue weighted by Gasteiger charge is 2.31. The minimum absolute atomic E-state index is 0.678. The van der Waals surface area contributed by atoms with Crippen LogP contribution >= 0.6 is 11.6 Å². The monoisotopic (exact) mass is 206 g/mol. The number of hydrogen-bond acceptors (Lipinski definition) is 1. The molecule has 72 valence electrons. The molecule has 0 radical (unpaired) electrons. The van der Waals surface area contributed by atoms with Gasteiger partial charge >= 0.3 is 0 Å². The first-order chi connectivity index (χ1) is 6.68. The molecule has 0 spiro atoms. The van der Waals surface area contributed by atoms with E-state index in [1.165, 1.54) is 0 Å². The molecule has 1 saturated carbocycles. The predicted molar refractivity (Wildman–Crippen MR) is 57.1 cm³/mol. The summed E-state index contributed by atoms with van der Waals surface area (Å²) < 4.78 is 0. The van der Waals surface area contributed by atoms with Crippen LogP contribution in [0.1, 0.15) is 24.8 Å². The van der Waals surface area contributed by atoms with Crippen molar-refractivity contribution < 1.29 is 5.11 Å². The summed E-state index contributed by atoms with van der Waals surface area (Å²) in [5, 5.41) is 10.4. The average Bonchev–Trinajstić information content (AvgIpc) is 2.12. The molecule has 2 heteroatoms. The molecule has 1 aromatic carbocycles. The highest BCUT2D eigenvalue weighted by atomic mass is 35.5. The Morgan fingerprint density at radius 1 is 1.36 bits per heavy atom. The fourth-order valence-corrected chi connectivity index (χ4v) is 1.58. The van der Waals surface area contributed by atoms with Crippen molar-refractivity contribution >= 4 is 11.6 Å². The van der Waals surface area contributed by atoms with Crippen LogP contribution in [0.2, 0.25) is 5.02 Å². The van der Waals surface area contributed by atoms with Gasteiger partial charge in [0.25, 0.3) is 0 Å². The van der Waals surface area contributed by atoms with Crippen LogP contribution in [0.5, 0.6) is 0 Å². The highest BCUT2D eigenvalue weighted by Crippen LogP contribution is 2.30. The van der Waals surface area contributed by atoms with Crippen molar-refractivity contribution in [3.8, 4) is 11.8 Å². The zero-order chi connectivity index (χ0) is 10.0. The zero-order valence-electron chi connectivity index (χ0n) is 7.76. The van der Waals surface area contributed by atoms with Crippen molar-refractivity contribution in [1.82, 2.24) is 0 Å². The van der Waals surface area contributed by atoms with Crippen molar-refractivity contribution in [3.63, 3.8) is 0 Å². The van der Waals surface area contributed by atoms with Crippen LogP contribution in [0.15, 0.2) is 24.3 Å². The first-order valence-corrected chi connectivity index (χ1v) is 5.07. The molecule has 2 rings (SSSR count). The lowest BCUT2D eigenvalue weighted by molar-refractivity contribution is 0.0240. The topological polar surface area (TPSA) is 20.2 Å². The molecule has 0 aromatic heterocycles. The lowest BCUT2D eigenvalue weighted by Crippen LogP contribution is -2.34. The summed E-state index contributed by atoms with van der Waals surface area (Å²) in [6.45, 7) is 0. The van der Waals surface area contributed by atoms with E-state index >= 15 is 0 Å². The van der Waals surface area contributed by atoms with Crippen molar-refractivity contribution in [1.29, 1.82) is 0 Å². The summed E-state index contributed by atoms with van der Waals surface area (Å²) in [4.78, 5) is 0. The Hall–Kier alpha value is -0.970. The van der Waals surface area contributed by atoms with Crippen LogP contribution in [0.4, 0.5) is 0 Å². The van der Waals surface area contributed by atoms with Gasteiger partial charge in [0, 0.05) is 10.6 Å². The van der Waals surface area contributed by atoms with Gasteiger partial charge in [-0.15, -0.1) is 0 Å². The third-order valence-electron chi connectivity index (χ3n) is 2.44. The van der Waals surface area contributed by atoms with E-state index in [-0.39, 0.29) is 0 Å². The van der Waals surface area contributed by atoms with Crippen molar-refractivity contribution in [2.45, 2.75) is 24.9 Å². The minimum Gasteiger partial charge on any atom is -0.378 e. The van der Waals surface area contributed by atoms with Gasteiger partial charge in [0.1, 0.15) is 5.60 Å². The largest absolute Gasteiger partial charge is 0.378 e. The summed E-state index contributed by atoms with van der Waals surface area (Å²) in [5.74, 6) is 5.83. The van der Waals surface area contributed by atoms with E-state index in [0.717, 1.165) is 24.8 Å². The smallest absolute Gasteiger partial charge is 0.125 e. The van der Waals surface area contributed by atoms with E-state index in [0.29, 0.717) is 5.02 Å². The number of benzene rings is 1. The van der Waals surface area contributed by atoms with Gasteiger partial charge in [0.15, 0.2) is 0 Å². The normalized spacial score (nSPS) is 17.9. The standard InChI is InChI=1S/C12H11ClO/c13-11-4-1-3-10(9-11)5-8-12(14)6-2-7-12/h1,3-4,9,14H,2,6-7H2. The fraction of sp³-hybridized carbons (Fsp3) is 0.333. The molecule has 14 heavy (non-hydrogen) atoms. The molecule has 0 bridgehead atoms.